The van der Waals surface area contributed by atoms with Crippen LogP contribution in [0.1, 0.15) is 24.9 Å². The number of hydrogen-bond donors (Lipinski definition) is 1. The van der Waals surface area contributed by atoms with Gasteiger partial charge in [-0.3, -0.25) is 9.89 Å². The fourth-order valence-electron chi connectivity index (χ4n) is 3.85. The minimum absolute atomic E-state index is 0.285. The third kappa shape index (κ3) is 5.55. The lowest BCUT2D eigenvalue weighted by Gasteiger charge is -2.37. The van der Waals surface area contributed by atoms with Crippen LogP contribution in [-0.2, 0) is 4.74 Å². The van der Waals surface area contributed by atoms with Crippen LogP contribution >= 0.6 is 11.8 Å². The fraction of sp³-hybridized carbons (Fsp3) is 0.667. The monoisotopic (exact) mass is 406 g/mol. The Kier molecular flexibility index (Phi) is 8.30. The highest BCUT2D eigenvalue weighted by Gasteiger charge is 2.25. The molecule has 2 heterocycles. The van der Waals surface area contributed by atoms with Crippen LogP contribution < -0.4 is 10.1 Å². The Morgan fingerprint density at radius 3 is 2.68 bits per heavy atom. The number of guanidine groups is 1. The van der Waals surface area contributed by atoms with E-state index in [0.717, 1.165) is 57.6 Å². The maximum absolute atomic E-state index is 5.57. The summed E-state index contributed by atoms with van der Waals surface area (Å²) in [5.74, 6) is 3.08. The molecule has 0 radical (unpaired) electrons. The van der Waals surface area contributed by atoms with Gasteiger partial charge in [-0.1, -0.05) is 19.1 Å². The van der Waals surface area contributed by atoms with Crippen LogP contribution in [0.4, 0.5) is 0 Å². The lowest BCUT2D eigenvalue weighted by Crippen LogP contribution is -2.50. The van der Waals surface area contributed by atoms with Gasteiger partial charge in [-0.05, 0) is 24.1 Å². The van der Waals surface area contributed by atoms with E-state index in [0.29, 0.717) is 5.25 Å². The maximum atomic E-state index is 5.57. The third-order valence-electron chi connectivity index (χ3n) is 5.55. The van der Waals surface area contributed by atoms with Crippen molar-refractivity contribution < 1.29 is 9.47 Å². The Balaban J connectivity index is 1.69. The van der Waals surface area contributed by atoms with Crippen molar-refractivity contribution in [2.45, 2.75) is 24.6 Å². The summed E-state index contributed by atoms with van der Waals surface area (Å²) < 4.78 is 10.9. The number of thioether (sulfide) groups is 1. The van der Waals surface area contributed by atoms with Crippen molar-refractivity contribution in [3.8, 4) is 5.75 Å². The molecule has 0 aromatic heterocycles. The average molecular weight is 407 g/mol. The Labute approximate surface area is 173 Å². The van der Waals surface area contributed by atoms with Gasteiger partial charge in [0.15, 0.2) is 5.96 Å². The second-order valence-corrected chi connectivity index (χ2v) is 8.62. The highest BCUT2D eigenvalue weighted by Crippen LogP contribution is 2.24. The maximum Gasteiger partial charge on any atom is 0.193 e. The lowest BCUT2D eigenvalue weighted by molar-refractivity contribution is 0.0169. The third-order valence-corrected chi connectivity index (χ3v) is 6.92. The predicted molar refractivity (Wildman–Crippen MR) is 118 cm³/mol. The SMILES string of the molecule is CCC1CN(C(=NC)NCC(c2ccc(OC)cc2)N2CCOCC2)CCS1. The van der Waals surface area contributed by atoms with E-state index in [-0.39, 0.29) is 6.04 Å². The van der Waals surface area contributed by atoms with Crippen LogP contribution in [0.5, 0.6) is 5.75 Å². The molecule has 1 aromatic carbocycles. The zero-order valence-electron chi connectivity index (χ0n) is 17.4. The molecular formula is C21H34N4O2S. The van der Waals surface area contributed by atoms with Crippen LogP contribution in [0, 0.1) is 0 Å². The van der Waals surface area contributed by atoms with E-state index in [9.17, 15) is 0 Å². The molecule has 0 amide bonds. The minimum atomic E-state index is 0.285. The van der Waals surface area contributed by atoms with E-state index in [4.69, 9.17) is 9.47 Å². The van der Waals surface area contributed by atoms with E-state index in [2.05, 4.69) is 50.9 Å². The van der Waals surface area contributed by atoms with Crippen LogP contribution in [0.15, 0.2) is 29.3 Å². The summed E-state index contributed by atoms with van der Waals surface area (Å²) in [5.41, 5.74) is 1.30. The number of nitrogens with zero attached hydrogens (tertiary/aromatic N) is 3. The number of ether oxygens (including phenoxy) is 2. The highest BCUT2D eigenvalue weighted by atomic mass is 32.2. The molecular weight excluding hydrogens is 372 g/mol. The van der Waals surface area contributed by atoms with Crippen LogP contribution in [-0.4, -0.2) is 86.9 Å². The highest BCUT2D eigenvalue weighted by molar-refractivity contribution is 8.00. The first kappa shape index (κ1) is 21.3. The smallest absolute Gasteiger partial charge is 0.193 e. The molecule has 0 bridgehead atoms. The summed E-state index contributed by atoms with van der Waals surface area (Å²) in [6.45, 7) is 8.74. The van der Waals surface area contributed by atoms with E-state index < -0.39 is 0 Å². The molecule has 2 fully saturated rings. The van der Waals surface area contributed by atoms with Gasteiger partial charge in [0.25, 0.3) is 0 Å². The normalized spacial score (nSPS) is 22.8. The second-order valence-electron chi connectivity index (χ2n) is 7.21. The van der Waals surface area contributed by atoms with E-state index in [1.165, 1.54) is 17.7 Å². The van der Waals surface area contributed by atoms with Crippen molar-refractivity contribution in [2.24, 2.45) is 4.99 Å². The molecule has 0 spiro atoms. The number of aliphatic imine (C=N–C) groups is 1. The van der Waals surface area contributed by atoms with Gasteiger partial charge in [0.05, 0.1) is 26.4 Å². The van der Waals surface area contributed by atoms with Crippen molar-refractivity contribution in [2.75, 3.05) is 65.8 Å². The van der Waals surface area contributed by atoms with E-state index in [1.807, 2.05) is 19.2 Å². The van der Waals surface area contributed by atoms with Crippen LogP contribution in [0.2, 0.25) is 0 Å². The molecule has 2 aliphatic heterocycles. The van der Waals surface area contributed by atoms with Gasteiger partial charge in [0, 0.05) is 50.8 Å². The number of hydrogen-bond acceptors (Lipinski definition) is 5. The van der Waals surface area contributed by atoms with Crippen LogP contribution in [0.25, 0.3) is 0 Å². The molecule has 28 heavy (non-hydrogen) atoms. The molecule has 2 aliphatic rings. The molecule has 1 aromatic rings. The Morgan fingerprint density at radius 1 is 1.29 bits per heavy atom. The first-order chi connectivity index (χ1) is 13.7. The van der Waals surface area contributed by atoms with Gasteiger partial charge in [0.2, 0.25) is 0 Å². The molecule has 6 nitrogen and oxygen atoms in total. The summed E-state index contributed by atoms with van der Waals surface area (Å²) in [6.07, 6.45) is 1.21. The van der Waals surface area contributed by atoms with E-state index >= 15 is 0 Å². The minimum Gasteiger partial charge on any atom is -0.497 e. The molecule has 156 valence electrons. The number of methoxy groups -OCH3 is 1. The fourth-order valence-corrected chi connectivity index (χ4v) is 5.03. The molecule has 2 unspecified atom stereocenters. The van der Waals surface area contributed by atoms with E-state index in [1.54, 1.807) is 7.11 Å². The summed E-state index contributed by atoms with van der Waals surface area (Å²) in [5, 5.41) is 4.36. The van der Waals surface area contributed by atoms with Gasteiger partial charge in [0.1, 0.15) is 5.75 Å². The molecule has 1 N–H and O–H groups in total. The van der Waals surface area contributed by atoms with Gasteiger partial charge < -0.3 is 19.7 Å². The Morgan fingerprint density at radius 2 is 2.04 bits per heavy atom. The molecule has 2 atom stereocenters. The number of nitrogens with one attached hydrogen (secondary N) is 1. The van der Waals surface area contributed by atoms with Crippen LogP contribution in [0.3, 0.4) is 0 Å². The standard InChI is InChI=1S/C21H34N4O2S/c1-4-19-16-25(11-14-28-19)21(22-2)23-15-20(24-9-12-27-13-10-24)17-5-7-18(26-3)8-6-17/h5-8,19-20H,4,9-16H2,1-3H3,(H,22,23). The van der Waals surface area contributed by atoms with Crippen molar-refractivity contribution in [3.63, 3.8) is 0 Å². The number of benzene rings is 1. The second kappa shape index (κ2) is 10.9. The molecule has 7 heteroatoms. The van der Waals surface area contributed by atoms with Gasteiger partial charge in [-0.25, -0.2) is 0 Å². The van der Waals surface area contributed by atoms with Crippen molar-refractivity contribution in [1.29, 1.82) is 0 Å². The lowest BCUT2D eigenvalue weighted by atomic mass is 10.0. The summed E-state index contributed by atoms with van der Waals surface area (Å²) in [6, 6.07) is 8.73. The Hall–Kier alpha value is -1.44. The molecule has 3 rings (SSSR count). The number of morpholine rings is 1. The van der Waals surface area contributed by atoms with Crippen molar-refractivity contribution in [3.05, 3.63) is 29.8 Å². The topological polar surface area (TPSA) is 49.3 Å². The van der Waals surface area contributed by atoms with Crippen molar-refractivity contribution >= 4 is 17.7 Å². The predicted octanol–water partition coefficient (Wildman–Crippen LogP) is 2.47. The summed E-state index contributed by atoms with van der Waals surface area (Å²) in [7, 11) is 3.60. The zero-order valence-corrected chi connectivity index (χ0v) is 18.2. The van der Waals surface area contributed by atoms with Gasteiger partial charge >= 0.3 is 0 Å². The Bertz CT molecular complexity index is 619. The molecule has 2 saturated heterocycles. The summed E-state index contributed by atoms with van der Waals surface area (Å²) in [4.78, 5) is 9.50. The van der Waals surface area contributed by atoms with Crippen molar-refractivity contribution in [1.82, 2.24) is 15.1 Å². The average Bonchev–Trinajstić information content (AvgIpc) is 2.77. The number of rotatable bonds is 6. The van der Waals surface area contributed by atoms with Gasteiger partial charge in [-0.15, -0.1) is 0 Å². The summed E-state index contributed by atoms with van der Waals surface area (Å²) >= 11 is 2.08. The first-order valence-corrected chi connectivity index (χ1v) is 11.3. The van der Waals surface area contributed by atoms with Gasteiger partial charge in [-0.2, -0.15) is 11.8 Å². The quantitative estimate of drug-likeness (QED) is 0.579. The molecule has 0 aliphatic carbocycles. The zero-order chi connectivity index (χ0) is 19.8. The first-order valence-electron chi connectivity index (χ1n) is 10.3. The largest absolute Gasteiger partial charge is 0.497 e. The molecule has 0 saturated carbocycles.